The summed E-state index contributed by atoms with van der Waals surface area (Å²) >= 11 is 0. The fraction of sp³-hybridized carbons (Fsp3) is 0.278. The molecule has 0 saturated carbocycles. The SMILES string of the molecule is COC(=O)c1ccc(-c2ccc(N3CCNCC3)cc2)cc1. The Bertz CT molecular complexity index is 629. The number of benzene rings is 2. The summed E-state index contributed by atoms with van der Waals surface area (Å²) in [6.07, 6.45) is 0. The van der Waals surface area contributed by atoms with E-state index < -0.39 is 0 Å². The molecule has 0 spiro atoms. The van der Waals surface area contributed by atoms with Crippen molar-refractivity contribution in [2.24, 2.45) is 0 Å². The molecule has 114 valence electrons. The number of piperazine rings is 1. The average Bonchev–Trinajstić information content (AvgIpc) is 2.62. The van der Waals surface area contributed by atoms with E-state index in [1.807, 2.05) is 12.1 Å². The quantitative estimate of drug-likeness (QED) is 0.884. The van der Waals surface area contributed by atoms with Gasteiger partial charge in [-0.3, -0.25) is 0 Å². The van der Waals surface area contributed by atoms with Crippen LogP contribution in [0.1, 0.15) is 10.4 Å². The number of methoxy groups -OCH3 is 1. The van der Waals surface area contributed by atoms with E-state index in [0.717, 1.165) is 37.3 Å². The summed E-state index contributed by atoms with van der Waals surface area (Å²) in [6.45, 7) is 4.17. The van der Waals surface area contributed by atoms with Gasteiger partial charge in [0.05, 0.1) is 12.7 Å². The smallest absolute Gasteiger partial charge is 0.337 e. The first kappa shape index (κ1) is 14.6. The van der Waals surface area contributed by atoms with Gasteiger partial charge in [-0.25, -0.2) is 4.79 Å². The highest BCUT2D eigenvalue weighted by atomic mass is 16.5. The number of nitrogens with zero attached hydrogens (tertiary/aromatic N) is 1. The fourth-order valence-electron chi connectivity index (χ4n) is 2.70. The van der Waals surface area contributed by atoms with Crippen LogP contribution in [0.2, 0.25) is 0 Å². The van der Waals surface area contributed by atoms with Gasteiger partial charge in [-0.2, -0.15) is 0 Å². The van der Waals surface area contributed by atoms with Gasteiger partial charge >= 0.3 is 5.97 Å². The topological polar surface area (TPSA) is 41.6 Å². The second-order valence-corrected chi connectivity index (χ2v) is 5.35. The lowest BCUT2D eigenvalue weighted by Gasteiger charge is -2.29. The van der Waals surface area contributed by atoms with Gasteiger partial charge in [-0.15, -0.1) is 0 Å². The van der Waals surface area contributed by atoms with Crippen LogP contribution in [0.5, 0.6) is 0 Å². The molecule has 22 heavy (non-hydrogen) atoms. The van der Waals surface area contributed by atoms with Gasteiger partial charge in [0.25, 0.3) is 0 Å². The Labute approximate surface area is 130 Å². The maximum absolute atomic E-state index is 11.4. The largest absolute Gasteiger partial charge is 0.465 e. The molecule has 1 heterocycles. The minimum Gasteiger partial charge on any atom is -0.465 e. The minimum absolute atomic E-state index is 0.305. The van der Waals surface area contributed by atoms with Crippen molar-refractivity contribution in [3.05, 3.63) is 54.1 Å². The predicted octanol–water partition coefficient (Wildman–Crippen LogP) is 2.55. The second kappa shape index (κ2) is 6.62. The molecule has 0 unspecified atom stereocenters. The van der Waals surface area contributed by atoms with E-state index >= 15 is 0 Å². The molecule has 0 radical (unpaired) electrons. The third-order valence-corrected chi connectivity index (χ3v) is 3.99. The summed E-state index contributed by atoms with van der Waals surface area (Å²) in [5, 5.41) is 3.36. The molecule has 0 aromatic heterocycles. The van der Waals surface area contributed by atoms with Gasteiger partial charge in [0.1, 0.15) is 0 Å². The van der Waals surface area contributed by atoms with Gasteiger partial charge < -0.3 is 15.0 Å². The maximum atomic E-state index is 11.4. The molecule has 0 bridgehead atoms. The lowest BCUT2D eigenvalue weighted by molar-refractivity contribution is 0.0601. The molecule has 1 N–H and O–H groups in total. The zero-order valence-electron chi connectivity index (χ0n) is 12.7. The Hall–Kier alpha value is -2.33. The number of ether oxygens (including phenoxy) is 1. The monoisotopic (exact) mass is 296 g/mol. The van der Waals surface area contributed by atoms with E-state index in [2.05, 4.69) is 34.5 Å². The van der Waals surface area contributed by atoms with Crippen molar-refractivity contribution in [3.63, 3.8) is 0 Å². The normalized spacial score (nSPS) is 14.7. The average molecular weight is 296 g/mol. The summed E-state index contributed by atoms with van der Waals surface area (Å²) in [6, 6.07) is 16.1. The van der Waals surface area contributed by atoms with Crippen LogP contribution in [-0.2, 0) is 4.74 Å². The van der Waals surface area contributed by atoms with Gasteiger partial charge in [0.2, 0.25) is 0 Å². The molecule has 0 amide bonds. The van der Waals surface area contributed by atoms with Crippen LogP contribution in [0, 0.1) is 0 Å². The first-order valence-electron chi connectivity index (χ1n) is 7.52. The maximum Gasteiger partial charge on any atom is 0.337 e. The van der Waals surface area contributed by atoms with E-state index in [0.29, 0.717) is 5.56 Å². The molecule has 1 fully saturated rings. The fourth-order valence-corrected chi connectivity index (χ4v) is 2.70. The highest BCUT2D eigenvalue weighted by Gasteiger charge is 2.10. The van der Waals surface area contributed by atoms with Crippen molar-refractivity contribution in [2.45, 2.75) is 0 Å². The number of hydrogen-bond acceptors (Lipinski definition) is 4. The molecule has 4 heteroatoms. The predicted molar refractivity (Wildman–Crippen MR) is 88.3 cm³/mol. The molecule has 2 aromatic carbocycles. The van der Waals surface area contributed by atoms with Gasteiger partial charge in [0.15, 0.2) is 0 Å². The van der Waals surface area contributed by atoms with Crippen molar-refractivity contribution >= 4 is 11.7 Å². The van der Waals surface area contributed by atoms with Crippen molar-refractivity contribution in [2.75, 3.05) is 38.2 Å². The lowest BCUT2D eigenvalue weighted by atomic mass is 10.0. The molecule has 2 aromatic rings. The molecular weight excluding hydrogens is 276 g/mol. The van der Waals surface area contributed by atoms with Crippen LogP contribution >= 0.6 is 0 Å². The highest BCUT2D eigenvalue weighted by Crippen LogP contribution is 2.24. The lowest BCUT2D eigenvalue weighted by Crippen LogP contribution is -2.43. The van der Waals surface area contributed by atoms with Crippen LogP contribution in [0.25, 0.3) is 11.1 Å². The summed E-state index contributed by atoms with van der Waals surface area (Å²) in [5.74, 6) is -0.305. The number of anilines is 1. The van der Waals surface area contributed by atoms with Crippen molar-refractivity contribution in [1.82, 2.24) is 5.32 Å². The third kappa shape index (κ3) is 3.12. The Balaban J connectivity index is 1.76. The number of esters is 1. The second-order valence-electron chi connectivity index (χ2n) is 5.35. The molecule has 0 aliphatic carbocycles. The Kier molecular flexibility index (Phi) is 4.39. The van der Waals surface area contributed by atoms with Crippen LogP contribution in [0.15, 0.2) is 48.5 Å². The van der Waals surface area contributed by atoms with Gasteiger partial charge in [0, 0.05) is 31.9 Å². The van der Waals surface area contributed by atoms with Gasteiger partial charge in [-0.05, 0) is 35.4 Å². The van der Waals surface area contributed by atoms with E-state index in [1.54, 1.807) is 12.1 Å². The first-order chi connectivity index (χ1) is 10.8. The van der Waals surface area contributed by atoms with Crippen LogP contribution in [0.4, 0.5) is 5.69 Å². The van der Waals surface area contributed by atoms with Crippen molar-refractivity contribution in [3.8, 4) is 11.1 Å². The summed E-state index contributed by atoms with van der Waals surface area (Å²) in [4.78, 5) is 13.8. The first-order valence-corrected chi connectivity index (χ1v) is 7.52. The Morgan fingerprint density at radius 2 is 1.50 bits per heavy atom. The number of carbonyl (C=O) groups excluding carboxylic acids is 1. The number of nitrogens with one attached hydrogen (secondary N) is 1. The molecule has 3 rings (SSSR count). The Morgan fingerprint density at radius 3 is 2.05 bits per heavy atom. The number of hydrogen-bond donors (Lipinski definition) is 1. The number of carbonyl (C=O) groups is 1. The zero-order chi connectivity index (χ0) is 15.4. The molecule has 1 aliphatic heterocycles. The molecular formula is C18H20N2O2. The number of rotatable bonds is 3. The van der Waals surface area contributed by atoms with Gasteiger partial charge in [-0.1, -0.05) is 24.3 Å². The molecule has 4 nitrogen and oxygen atoms in total. The molecule has 0 atom stereocenters. The van der Waals surface area contributed by atoms with E-state index in [1.165, 1.54) is 12.8 Å². The zero-order valence-corrected chi connectivity index (χ0v) is 12.7. The third-order valence-electron chi connectivity index (χ3n) is 3.99. The summed E-state index contributed by atoms with van der Waals surface area (Å²) in [5.41, 5.74) is 4.08. The van der Waals surface area contributed by atoms with Crippen LogP contribution < -0.4 is 10.2 Å². The van der Waals surface area contributed by atoms with Crippen LogP contribution in [-0.4, -0.2) is 39.3 Å². The minimum atomic E-state index is -0.305. The summed E-state index contributed by atoms with van der Waals surface area (Å²) < 4.78 is 4.72. The van der Waals surface area contributed by atoms with E-state index in [-0.39, 0.29) is 5.97 Å². The standard InChI is InChI=1S/C18H20N2O2/c1-22-18(21)16-4-2-14(3-5-16)15-6-8-17(9-7-15)20-12-10-19-11-13-20/h2-9,19H,10-13H2,1H3. The Morgan fingerprint density at radius 1 is 0.955 bits per heavy atom. The van der Waals surface area contributed by atoms with E-state index in [9.17, 15) is 4.79 Å². The van der Waals surface area contributed by atoms with E-state index in [4.69, 9.17) is 4.74 Å². The molecule has 1 aliphatic rings. The van der Waals surface area contributed by atoms with Crippen molar-refractivity contribution in [1.29, 1.82) is 0 Å². The molecule has 1 saturated heterocycles. The highest BCUT2D eigenvalue weighted by molar-refractivity contribution is 5.90. The summed E-state index contributed by atoms with van der Waals surface area (Å²) in [7, 11) is 1.39. The van der Waals surface area contributed by atoms with Crippen LogP contribution in [0.3, 0.4) is 0 Å². The van der Waals surface area contributed by atoms with Crippen molar-refractivity contribution < 1.29 is 9.53 Å².